The summed E-state index contributed by atoms with van der Waals surface area (Å²) >= 11 is 0. The number of rotatable bonds is 0. The van der Waals surface area contributed by atoms with Gasteiger partial charge in [-0.2, -0.15) is 0 Å². The van der Waals surface area contributed by atoms with Crippen molar-refractivity contribution >= 4 is 10.1 Å². The molecule has 0 saturated heterocycles. The Morgan fingerprint density at radius 2 is 1.50 bits per heavy atom. The van der Waals surface area contributed by atoms with Crippen molar-refractivity contribution in [3.8, 4) is 0 Å². The molecule has 6 heavy (non-hydrogen) atoms. The average molecular weight is 202 g/mol. The van der Waals surface area contributed by atoms with Gasteiger partial charge in [0.1, 0.15) is 0 Å². The maximum atomic E-state index is 9.08. The van der Waals surface area contributed by atoms with E-state index < -0.39 is 10.1 Å². The van der Waals surface area contributed by atoms with E-state index in [0.717, 1.165) is 0 Å². The van der Waals surface area contributed by atoms with Gasteiger partial charge in [-0.3, -0.25) is 0 Å². The summed E-state index contributed by atoms with van der Waals surface area (Å²) in [5.74, 6) is 0. The number of hydrogen-bond acceptors (Lipinski definition) is 3. The Balaban J connectivity index is 0. The van der Waals surface area contributed by atoms with Crippen molar-refractivity contribution in [1.82, 2.24) is 0 Å². The van der Waals surface area contributed by atoms with Gasteiger partial charge in [0.05, 0.1) is 10.1 Å². The molecule has 0 amide bonds. The third kappa shape index (κ3) is 178. The minimum atomic E-state index is -3.92. The van der Waals surface area contributed by atoms with E-state index in [1.807, 2.05) is 0 Å². The molecule has 0 saturated carbocycles. The van der Waals surface area contributed by atoms with Crippen molar-refractivity contribution in [1.29, 1.82) is 0 Å². The summed E-state index contributed by atoms with van der Waals surface area (Å²) in [5, 5.41) is 0. The summed E-state index contributed by atoms with van der Waals surface area (Å²) in [6, 6.07) is 0. The molecule has 0 spiro atoms. The second-order valence-corrected chi connectivity index (χ2v) is 2.11. The fourth-order valence-corrected chi connectivity index (χ4v) is 0. The Hall–Kier alpha value is 0.572. The summed E-state index contributed by atoms with van der Waals surface area (Å²) in [6.45, 7) is 0. The SMILES string of the molecule is CS(=O)(=O)[O-].[Pd+]. The second kappa shape index (κ2) is 2.70. The molecule has 0 N–H and O–H groups in total. The fourth-order valence-electron chi connectivity index (χ4n) is 0. The summed E-state index contributed by atoms with van der Waals surface area (Å²) in [4.78, 5) is 0. The molecular formula is CH3O3PdS. The smallest absolute Gasteiger partial charge is 0.748 e. The summed E-state index contributed by atoms with van der Waals surface area (Å²) < 4.78 is 27.2. The zero-order chi connectivity index (χ0) is 4.50. The first-order valence-corrected chi connectivity index (χ1v) is 2.72. The molecule has 0 aliphatic heterocycles. The first-order valence-electron chi connectivity index (χ1n) is 0.908. The van der Waals surface area contributed by atoms with Crippen molar-refractivity contribution in [2.45, 2.75) is 0 Å². The minimum absolute atomic E-state index is 0. The topological polar surface area (TPSA) is 57.2 Å². The Kier molecular flexibility index (Phi) is 4.39. The second-order valence-electron chi connectivity index (χ2n) is 0.704. The van der Waals surface area contributed by atoms with Crippen molar-refractivity contribution in [3.05, 3.63) is 0 Å². The maximum absolute atomic E-state index is 9.08. The average Bonchev–Trinajstić information content (AvgIpc) is 0.722. The van der Waals surface area contributed by atoms with Crippen LogP contribution < -0.4 is 0 Å². The van der Waals surface area contributed by atoms with E-state index in [1.165, 1.54) is 0 Å². The van der Waals surface area contributed by atoms with Gasteiger partial charge >= 0.3 is 20.4 Å². The molecule has 5 heteroatoms. The van der Waals surface area contributed by atoms with Crippen LogP contribution in [0.2, 0.25) is 0 Å². The van der Waals surface area contributed by atoms with Gasteiger partial charge in [0.2, 0.25) is 0 Å². The maximum Gasteiger partial charge on any atom is 1.00 e. The summed E-state index contributed by atoms with van der Waals surface area (Å²) in [7, 11) is -3.92. The molecule has 0 heterocycles. The van der Waals surface area contributed by atoms with Crippen LogP contribution in [0.25, 0.3) is 0 Å². The molecule has 0 aliphatic rings. The molecule has 3 nitrogen and oxygen atoms in total. The predicted molar refractivity (Wildman–Crippen MR) is 15.6 cm³/mol. The Morgan fingerprint density at radius 3 is 1.50 bits per heavy atom. The zero-order valence-corrected chi connectivity index (χ0v) is 5.32. The van der Waals surface area contributed by atoms with Crippen LogP contribution in [0.5, 0.6) is 0 Å². The third-order valence-electron chi connectivity index (χ3n) is 0. The van der Waals surface area contributed by atoms with E-state index in [2.05, 4.69) is 0 Å². The van der Waals surface area contributed by atoms with Crippen molar-refractivity contribution in [3.63, 3.8) is 0 Å². The normalized spacial score (nSPS) is 9.67. The van der Waals surface area contributed by atoms with Gasteiger partial charge in [-0.25, -0.2) is 8.42 Å². The van der Waals surface area contributed by atoms with Crippen molar-refractivity contribution in [2.24, 2.45) is 0 Å². The molecule has 0 aromatic rings. The van der Waals surface area contributed by atoms with Gasteiger partial charge in [0, 0.05) is 6.26 Å². The van der Waals surface area contributed by atoms with Crippen LogP contribution in [0.1, 0.15) is 0 Å². The third-order valence-corrected chi connectivity index (χ3v) is 0. The monoisotopic (exact) mass is 201 g/mol. The molecule has 0 unspecified atom stereocenters. The van der Waals surface area contributed by atoms with Gasteiger partial charge in [0.15, 0.2) is 0 Å². The Morgan fingerprint density at radius 1 is 1.50 bits per heavy atom. The van der Waals surface area contributed by atoms with Gasteiger partial charge in [-0.15, -0.1) is 0 Å². The standard InChI is InChI=1S/CH4O3S.Pd/c1-5(2,3)4;/h1H3,(H,2,3,4);/q;+1/p-1. The van der Waals surface area contributed by atoms with E-state index >= 15 is 0 Å². The minimum Gasteiger partial charge on any atom is -0.748 e. The van der Waals surface area contributed by atoms with Gasteiger partial charge in [0.25, 0.3) is 0 Å². The fraction of sp³-hybridized carbons (Fsp3) is 1.00. The van der Waals surface area contributed by atoms with Crippen LogP contribution in [0.15, 0.2) is 0 Å². The largest absolute Gasteiger partial charge is 1.00 e. The van der Waals surface area contributed by atoms with E-state index in [4.69, 9.17) is 13.0 Å². The zero-order valence-electron chi connectivity index (χ0n) is 2.95. The number of hydrogen-bond donors (Lipinski definition) is 0. The molecular weight excluding hydrogens is 198 g/mol. The van der Waals surface area contributed by atoms with Gasteiger partial charge in [-0.05, 0) is 0 Å². The molecule has 1 radical (unpaired) electrons. The van der Waals surface area contributed by atoms with Gasteiger partial charge in [-0.1, -0.05) is 0 Å². The molecule has 0 aliphatic carbocycles. The molecule has 0 fully saturated rings. The first kappa shape index (κ1) is 9.76. The predicted octanol–water partition coefficient (Wildman–Crippen LogP) is -0.841. The molecule has 0 aromatic heterocycles. The van der Waals surface area contributed by atoms with Crippen LogP contribution in [-0.4, -0.2) is 19.2 Å². The quantitative estimate of drug-likeness (QED) is 0.379. The van der Waals surface area contributed by atoms with Crippen LogP contribution >= 0.6 is 0 Å². The van der Waals surface area contributed by atoms with E-state index in [1.54, 1.807) is 0 Å². The Labute approximate surface area is 50.1 Å². The van der Waals surface area contributed by atoms with Crippen molar-refractivity contribution < 1.29 is 33.4 Å². The van der Waals surface area contributed by atoms with Gasteiger partial charge < -0.3 is 4.55 Å². The first-order chi connectivity index (χ1) is 2.00. The molecule has 0 aromatic carbocycles. The summed E-state index contributed by atoms with van der Waals surface area (Å²) in [5.41, 5.74) is 0. The van der Waals surface area contributed by atoms with Crippen LogP contribution in [-0.2, 0) is 30.5 Å². The summed E-state index contributed by atoms with van der Waals surface area (Å²) in [6.07, 6.45) is 0.604. The molecule has 0 bridgehead atoms. The molecule has 0 rings (SSSR count). The molecule has 41 valence electrons. The van der Waals surface area contributed by atoms with Crippen LogP contribution in [0.4, 0.5) is 0 Å². The van der Waals surface area contributed by atoms with E-state index in [0.29, 0.717) is 6.26 Å². The van der Waals surface area contributed by atoms with E-state index in [-0.39, 0.29) is 20.4 Å². The van der Waals surface area contributed by atoms with E-state index in [9.17, 15) is 0 Å². The van der Waals surface area contributed by atoms with Crippen molar-refractivity contribution in [2.75, 3.05) is 6.26 Å². The van der Waals surface area contributed by atoms with Crippen LogP contribution in [0, 0.1) is 0 Å². The van der Waals surface area contributed by atoms with Crippen LogP contribution in [0.3, 0.4) is 0 Å². The Bertz CT molecular complexity index is 94.0. The molecule has 0 atom stereocenters.